The van der Waals surface area contributed by atoms with E-state index in [1.807, 2.05) is 36.4 Å². The molecule has 27 heavy (non-hydrogen) atoms. The predicted molar refractivity (Wildman–Crippen MR) is 98.3 cm³/mol. The van der Waals surface area contributed by atoms with Crippen LogP contribution in [0.25, 0.3) is 11.3 Å². The van der Waals surface area contributed by atoms with Crippen LogP contribution in [0.1, 0.15) is 16.1 Å². The molecule has 0 radical (unpaired) electrons. The van der Waals surface area contributed by atoms with Crippen LogP contribution in [0.15, 0.2) is 59.3 Å². The van der Waals surface area contributed by atoms with E-state index in [2.05, 4.69) is 15.0 Å². The second-order valence-electron chi connectivity index (χ2n) is 6.13. The Morgan fingerprint density at radius 2 is 1.93 bits per heavy atom. The van der Waals surface area contributed by atoms with Gasteiger partial charge >= 0.3 is 5.97 Å². The van der Waals surface area contributed by atoms with E-state index < -0.39 is 5.97 Å². The first-order valence-electron chi connectivity index (χ1n) is 8.76. The lowest BCUT2D eigenvalue weighted by molar-refractivity contribution is 0.0464. The molecule has 4 rings (SSSR count). The van der Waals surface area contributed by atoms with Crippen molar-refractivity contribution in [1.29, 1.82) is 0 Å². The zero-order valence-corrected chi connectivity index (χ0v) is 14.7. The number of carbonyl (C=O) groups excluding carboxylic acids is 1. The van der Waals surface area contributed by atoms with Crippen LogP contribution in [-0.4, -0.2) is 42.4 Å². The molecule has 7 heteroatoms. The summed E-state index contributed by atoms with van der Waals surface area (Å²) in [6.07, 6.45) is 1.53. The fourth-order valence-corrected chi connectivity index (χ4v) is 2.83. The van der Waals surface area contributed by atoms with Crippen LogP contribution in [0.3, 0.4) is 0 Å². The monoisotopic (exact) mass is 365 g/mol. The van der Waals surface area contributed by atoms with E-state index in [9.17, 15) is 4.79 Å². The molecule has 1 aromatic carbocycles. The molecule has 2 aromatic heterocycles. The highest BCUT2D eigenvalue weighted by Gasteiger charge is 2.15. The number of hydrogen-bond donors (Lipinski definition) is 0. The Hall–Kier alpha value is -3.19. The van der Waals surface area contributed by atoms with Gasteiger partial charge < -0.3 is 18.9 Å². The van der Waals surface area contributed by atoms with Gasteiger partial charge in [0.25, 0.3) is 0 Å². The SMILES string of the molecule is O=C(OCc1cc(-c2ccccc2)on1)c1ccc(N2CCOCC2)nc1. The molecule has 1 fully saturated rings. The number of carbonyl (C=O) groups is 1. The van der Waals surface area contributed by atoms with Crippen LogP contribution in [-0.2, 0) is 16.1 Å². The Kier molecular flexibility index (Phi) is 5.11. The second kappa shape index (κ2) is 8.01. The first kappa shape index (κ1) is 17.2. The first-order chi connectivity index (χ1) is 13.3. The van der Waals surface area contributed by atoms with Crippen molar-refractivity contribution >= 4 is 11.8 Å². The standard InChI is InChI=1S/C20H19N3O4/c24-20(16-6-7-19(21-13-16)23-8-10-25-11-9-23)26-14-17-12-18(27-22-17)15-4-2-1-3-5-15/h1-7,12-13H,8-11,14H2. The van der Waals surface area contributed by atoms with Gasteiger partial charge in [0.15, 0.2) is 5.76 Å². The van der Waals surface area contributed by atoms with Gasteiger partial charge in [-0.25, -0.2) is 9.78 Å². The van der Waals surface area contributed by atoms with Gasteiger partial charge in [-0.3, -0.25) is 0 Å². The quantitative estimate of drug-likeness (QED) is 0.643. The molecule has 138 valence electrons. The van der Waals surface area contributed by atoms with Crippen LogP contribution >= 0.6 is 0 Å². The second-order valence-corrected chi connectivity index (χ2v) is 6.13. The van der Waals surface area contributed by atoms with Crippen LogP contribution in [0.4, 0.5) is 5.82 Å². The molecular formula is C20H19N3O4. The summed E-state index contributed by atoms with van der Waals surface area (Å²) >= 11 is 0. The first-order valence-corrected chi connectivity index (χ1v) is 8.76. The molecule has 3 heterocycles. The zero-order valence-electron chi connectivity index (χ0n) is 14.7. The minimum Gasteiger partial charge on any atom is -0.455 e. The molecule has 0 spiro atoms. The molecule has 0 bridgehead atoms. The molecule has 3 aromatic rings. The fraction of sp³-hybridized carbons (Fsp3) is 0.250. The van der Waals surface area contributed by atoms with E-state index >= 15 is 0 Å². The third-order valence-corrected chi connectivity index (χ3v) is 4.29. The third kappa shape index (κ3) is 4.15. The molecule has 0 aliphatic carbocycles. The van der Waals surface area contributed by atoms with Crippen LogP contribution in [0.5, 0.6) is 0 Å². The van der Waals surface area contributed by atoms with Gasteiger partial charge in [-0.1, -0.05) is 35.5 Å². The number of aromatic nitrogens is 2. The van der Waals surface area contributed by atoms with E-state index in [-0.39, 0.29) is 6.61 Å². The fourth-order valence-electron chi connectivity index (χ4n) is 2.83. The minimum absolute atomic E-state index is 0.0420. The minimum atomic E-state index is -0.444. The Labute approximate surface area is 156 Å². The topological polar surface area (TPSA) is 77.7 Å². The number of benzene rings is 1. The number of rotatable bonds is 5. The van der Waals surface area contributed by atoms with Crippen molar-refractivity contribution in [3.05, 3.63) is 66.0 Å². The third-order valence-electron chi connectivity index (χ3n) is 4.29. The number of morpholine rings is 1. The molecule has 1 aliphatic heterocycles. The van der Waals surface area contributed by atoms with Gasteiger partial charge in [0.2, 0.25) is 0 Å². The van der Waals surface area contributed by atoms with E-state index in [0.29, 0.717) is 30.2 Å². The van der Waals surface area contributed by atoms with Gasteiger partial charge in [0.05, 0.1) is 18.8 Å². The van der Waals surface area contributed by atoms with E-state index in [1.165, 1.54) is 6.20 Å². The van der Waals surface area contributed by atoms with Gasteiger partial charge in [0.1, 0.15) is 18.1 Å². The summed E-state index contributed by atoms with van der Waals surface area (Å²) < 4.78 is 15.9. The van der Waals surface area contributed by atoms with Gasteiger partial charge in [0, 0.05) is 30.9 Å². The van der Waals surface area contributed by atoms with Crippen molar-refractivity contribution in [2.45, 2.75) is 6.61 Å². The van der Waals surface area contributed by atoms with Crippen molar-refractivity contribution in [1.82, 2.24) is 10.1 Å². The summed E-state index contributed by atoms with van der Waals surface area (Å²) in [5.74, 6) is 1.03. The maximum Gasteiger partial charge on any atom is 0.340 e. The van der Waals surface area contributed by atoms with Gasteiger partial charge in [-0.05, 0) is 12.1 Å². The molecule has 0 amide bonds. The molecular weight excluding hydrogens is 346 g/mol. The molecule has 0 unspecified atom stereocenters. The average Bonchev–Trinajstić information content (AvgIpc) is 3.22. The van der Waals surface area contributed by atoms with Crippen molar-refractivity contribution in [2.24, 2.45) is 0 Å². The number of esters is 1. The lowest BCUT2D eigenvalue weighted by Gasteiger charge is -2.27. The van der Waals surface area contributed by atoms with Gasteiger partial charge in [-0.2, -0.15) is 0 Å². The molecule has 7 nitrogen and oxygen atoms in total. The van der Waals surface area contributed by atoms with Crippen molar-refractivity contribution < 1.29 is 18.8 Å². The lowest BCUT2D eigenvalue weighted by Crippen LogP contribution is -2.36. The average molecular weight is 365 g/mol. The van der Waals surface area contributed by atoms with Gasteiger partial charge in [-0.15, -0.1) is 0 Å². The van der Waals surface area contributed by atoms with E-state index in [4.69, 9.17) is 14.0 Å². The molecule has 1 saturated heterocycles. The highest BCUT2D eigenvalue weighted by molar-refractivity contribution is 5.89. The Morgan fingerprint density at radius 3 is 2.67 bits per heavy atom. The largest absolute Gasteiger partial charge is 0.455 e. The van der Waals surface area contributed by atoms with Crippen molar-refractivity contribution in [3.8, 4) is 11.3 Å². The summed E-state index contributed by atoms with van der Waals surface area (Å²) in [6, 6.07) is 14.9. The van der Waals surface area contributed by atoms with Crippen LogP contribution in [0.2, 0.25) is 0 Å². The van der Waals surface area contributed by atoms with E-state index in [0.717, 1.165) is 24.5 Å². The number of hydrogen-bond acceptors (Lipinski definition) is 7. The molecule has 1 aliphatic rings. The zero-order chi connectivity index (χ0) is 18.5. The number of nitrogens with zero attached hydrogens (tertiary/aromatic N) is 3. The smallest absolute Gasteiger partial charge is 0.340 e. The number of pyridine rings is 1. The predicted octanol–water partition coefficient (Wildman–Crippen LogP) is 2.93. The lowest BCUT2D eigenvalue weighted by atomic mass is 10.2. The number of ether oxygens (including phenoxy) is 2. The number of anilines is 1. The summed E-state index contributed by atoms with van der Waals surface area (Å²) in [7, 11) is 0. The highest BCUT2D eigenvalue weighted by Crippen LogP contribution is 2.20. The summed E-state index contributed by atoms with van der Waals surface area (Å²) in [4.78, 5) is 18.7. The highest BCUT2D eigenvalue weighted by atomic mass is 16.5. The van der Waals surface area contributed by atoms with Crippen LogP contribution < -0.4 is 4.90 Å². The van der Waals surface area contributed by atoms with Crippen molar-refractivity contribution in [2.75, 3.05) is 31.2 Å². The van der Waals surface area contributed by atoms with Crippen LogP contribution in [0, 0.1) is 0 Å². The molecule has 0 atom stereocenters. The van der Waals surface area contributed by atoms with E-state index in [1.54, 1.807) is 12.1 Å². The summed E-state index contributed by atoms with van der Waals surface area (Å²) in [5.41, 5.74) is 1.88. The normalized spacial score (nSPS) is 14.1. The Balaban J connectivity index is 1.35. The van der Waals surface area contributed by atoms with Crippen molar-refractivity contribution in [3.63, 3.8) is 0 Å². The Morgan fingerprint density at radius 1 is 1.11 bits per heavy atom. The Bertz CT molecular complexity index is 887. The maximum absolute atomic E-state index is 12.2. The maximum atomic E-state index is 12.2. The summed E-state index contributed by atoms with van der Waals surface area (Å²) in [6.45, 7) is 3.02. The summed E-state index contributed by atoms with van der Waals surface area (Å²) in [5, 5.41) is 3.95. The molecule has 0 N–H and O–H groups in total. The molecule has 0 saturated carbocycles.